The first-order chi connectivity index (χ1) is 12.4. The first kappa shape index (κ1) is 19.1. The van der Waals surface area contributed by atoms with E-state index in [0.717, 1.165) is 24.2 Å². The highest BCUT2D eigenvalue weighted by Gasteiger charge is 2.40. The number of hydrogen-bond acceptors (Lipinski definition) is 6. The topological polar surface area (TPSA) is 92.6 Å². The molecule has 1 aromatic heterocycles. The van der Waals surface area contributed by atoms with Crippen molar-refractivity contribution in [2.24, 2.45) is 11.8 Å². The van der Waals surface area contributed by atoms with E-state index in [2.05, 4.69) is 9.97 Å². The van der Waals surface area contributed by atoms with Gasteiger partial charge in [0.15, 0.2) is 5.16 Å². The zero-order valence-corrected chi connectivity index (χ0v) is 16.0. The minimum absolute atomic E-state index is 0.0818. The fourth-order valence-electron chi connectivity index (χ4n) is 3.79. The van der Waals surface area contributed by atoms with Crippen LogP contribution in [0.2, 0.25) is 0 Å². The third kappa shape index (κ3) is 4.54. The predicted molar refractivity (Wildman–Crippen MR) is 97.0 cm³/mol. The molecule has 1 aromatic rings. The van der Waals surface area contributed by atoms with Gasteiger partial charge in [0, 0.05) is 31.1 Å². The van der Waals surface area contributed by atoms with Crippen LogP contribution in [0, 0.1) is 25.7 Å². The molecular formula is C18H25N3O4S. The number of ether oxygens (including phenoxy) is 1. The number of carboxylic acid groups (broad SMARTS) is 1. The van der Waals surface area contributed by atoms with Crippen LogP contribution in [0.3, 0.4) is 0 Å². The van der Waals surface area contributed by atoms with Gasteiger partial charge in [0.1, 0.15) is 0 Å². The summed E-state index contributed by atoms with van der Waals surface area (Å²) in [4.78, 5) is 34.4. The molecule has 7 nitrogen and oxygen atoms in total. The number of carbonyl (C=O) groups excluding carboxylic acids is 1. The van der Waals surface area contributed by atoms with Crippen LogP contribution < -0.4 is 0 Å². The van der Waals surface area contributed by atoms with Gasteiger partial charge in [-0.2, -0.15) is 0 Å². The maximum Gasteiger partial charge on any atom is 0.309 e. The Labute approximate surface area is 157 Å². The van der Waals surface area contributed by atoms with Crippen LogP contribution in [0.4, 0.5) is 0 Å². The number of piperidine rings is 1. The van der Waals surface area contributed by atoms with E-state index in [1.54, 1.807) is 0 Å². The Morgan fingerprint density at radius 3 is 2.50 bits per heavy atom. The lowest BCUT2D eigenvalue weighted by Crippen LogP contribution is -2.43. The Morgan fingerprint density at radius 2 is 1.88 bits per heavy atom. The molecule has 0 aromatic carbocycles. The lowest BCUT2D eigenvalue weighted by Gasteiger charge is -2.35. The molecule has 0 saturated carbocycles. The number of carbonyl (C=O) groups is 2. The third-order valence-corrected chi connectivity index (χ3v) is 5.93. The van der Waals surface area contributed by atoms with Crippen molar-refractivity contribution in [3.05, 3.63) is 17.5 Å². The fourth-order valence-corrected chi connectivity index (χ4v) is 4.65. The SMILES string of the molecule is Cc1cc(C)nc(SCC(=O)N2CCC([C@@H]3OCCC3C(=O)O)CC2)n1. The molecule has 1 N–H and O–H groups in total. The molecule has 0 bridgehead atoms. The zero-order valence-electron chi connectivity index (χ0n) is 15.2. The Hall–Kier alpha value is -1.67. The predicted octanol–water partition coefficient (Wildman–Crippen LogP) is 1.91. The molecule has 2 aliphatic heterocycles. The highest BCUT2D eigenvalue weighted by Crippen LogP contribution is 2.33. The van der Waals surface area contributed by atoms with E-state index in [1.807, 2.05) is 24.8 Å². The molecule has 1 unspecified atom stereocenters. The van der Waals surface area contributed by atoms with Crippen molar-refractivity contribution in [2.75, 3.05) is 25.4 Å². The normalized spacial score (nSPS) is 24.0. The molecule has 0 radical (unpaired) electrons. The van der Waals surface area contributed by atoms with E-state index < -0.39 is 11.9 Å². The quantitative estimate of drug-likeness (QED) is 0.617. The fraction of sp³-hybridized carbons (Fsp3) is 0.667. The van der Waals surface area contributed by atoms with Gasteiger partial charge in [0.05, 0.1) is 17.8 Å². The van der Waals surface area contributed by atoms with Crippen molar-refractivity contribution < 1.29 is 19.4 Å². The van der Waals surface area contributed by atoms with Gasteiger partial charge in [-0.25, -0.2) is 9.97 Å². The smallest absolute Gasteiger partial charge is 0.309 e. The van der Waals surface area contributed by atoms with E-state index in [1.165, 1.54) is 11.8 Å². The number of aryl methyl sites for hydroxylation is 2. The number of hydrogen-bond donors (Lipinski definition) is 1. The third-order valence-electron chi connectivity index (χ3n) is 5.10. The number of amides is 1. The van der Waals surface area contributed by atoms with Gasteiger partial charge in [-0.15, -0.1) is 0 Å². The lowest BCUT2D eigenvalue weighted by atomic mass is 9.84. The summed E-state index contributed by atoms with van der Waals surface area (Å²) < 4.78 is 5.68. The maximum absolute atomic E-state index is 12.5. The molecule has 2 saturated heterocycles. The van der Waals surface area contributed by atoms with Crippen LogP contribution >= 0.6 is 11.8 Å². The van der Waals surface area contributed by atoms with Gasteiger partial charge in [0.2, 0.25) is 5.91 Å². The van der Waals surface area contributed by atoms with Crippen LogP contribution in [-0.4, -0.2) is 63.4 Å². The molecule has 2 fully saturated rings. The summed E-state index contributed by atoms with van der Waals surface area (Å²) in [7, 11) is 0. The molecule has 8 heteroatoms. The summed E-state index contributed by atoms with van der Waals surface area (Å²) >= 11 is 1.37. The van der Waals surface area contributed by atoms with Gasteiger partial charge in [-0.3, -0.25) is 9.59 Å². The number of carboxylic acids is 1. The molecule has 3 rings (SSSR count). The first-order valence-corrected chi connectivity index (χ1v) is 10.00. The van der Waals surface area contributed by atoms with Crippen molar-refractivity contribution in [3.63, 3.8) is 0 Å². The van der Waals surface area contributed by atoms with Crippen molar-refractivity contribution in [1.29, 1.82) is 0 Å². The molecule has 2 aliphatic rings. The summed E-state index contributed by atoms with van der Waals surface area (Å²) in [6, 6.07) is 1.91. The van der Waals surface area contributed by atoms with E-state index in [0.29, 0.717) is 37.0 Å². The largest absolute Gasteiger partial charge is 0.481 e. The maximum atomic E-state index is 12.5. The van der Waals surface area contributed by atoms with E-state index in [-0.39, 0.29) is 17.9 Å². The Kier molecular flexibility index (Phi) is 6.13. The first-order valence-electron chi connectivity index (χ1n) is 9.01. The second-order valence-electron chi connectivity index (χ2n) is 7.01. The monoisotopic (exact) mass is 379 g/mol. The van der Waals surface area contributed by atoms with Crippen LogP contribution in [0.15, 0.2) is 11.2 Å². The molecule has 2 atom stereocenters. The number of likely N-dealkylation sites (tertiary alicyclic amines) is 1. The molecule has 26 heavy (non-hydrogen) atoms. The summed E-state index contributed by atoms with van der Waals surface area (Å²) in [6.07, 6.45) is 1.98. The van der Waals surface area contributed by atoms with Crippen LogP contribution in [0.1, 0.15) is 30.7 Å². The van der Waals surface area contributed by atoms with Gasteiger partial charge < -0.3 is 14.7 Å². The molecular weight excluding hydrogens is 354 g/mol. The molecule has 3 heterocycles. The molecule has 1 amide bonds. The van der Waals surface area contributed by atoms with Gasteiger partial charge >= 0.3 is 5.97 Å². The minimum Gasteiger partial charge on any atom is -0.481 e. The summed E-state index contributed by atoms with van der Waals surface area (Å²) in [5, 5.41) is 9.95. The van der Waals surface area contributed by atoms with E-state index >= 15 is 0 Å². The van der Waals surface area contributed by atoms with E-state index in [9.17, 15) is 14.7 Å². The second kappa shape index (κ2) is 8.35. The average Bonchev–Trinajstić information content (AvgIpc) is 3.09. The number of thioether (sulfide) groups is 1. The van der Waals surface area contributed by atoms with Crippen LogP contribution in [0.5, 0.6) is 0 Å². The summed E-state index contributed by atoms with van der Waals surface area (Å²) in [6.45, 7) is 5.67. The highest BCUT2D eigenvalue weighted by atomic mass is 32.2. The lowest BCUT2D eigenvalue weighted by molar-refractivity contribution is -0.145. The number of nitrogens with zero attached hydrogens (tertiary/aromatic N) is 3. The summed E-state index contributed by atoms with van der Waals surface area (Å²) in [5.74, 6) is -0.544. The van der Waals surface area contributed by atoms with Crippen molar-refractivity contribution in [2.45, 2.75) is 44.4 Å². The van der Waals surface area contributed by atoms with Gasteiger partial charge in [-0.05, 0) is 45.1 Å². The number of aromatic nitrogens is 2. The molecule has 0 spiro atoms. The second-order valence-corrected chi connectivity index (χ2v) is 7.95. The van der Waals surface area contributed by atoms with E-state index in [4.69, 9.17) is 4.74 Å². The van der Waals surface area contributed by atoms with Crippen molar-refractivity contribution >= 4 is 23.6 Å². The minimum atomic E-state index is -0.768. The Morgan fingerprint density at radius 1 is 1.23 bits per heavy atom. The van der Waals surface area contributed by atoms with Crippen molar-refractivity contribution in [3.8, 4) is 0 Å². The standard InChI is InChI=1S/C18H25N3O4S/c1-11-9-12(2)20-18(19-11)26-10-15(22)21-6-3-13(4-7-21)16-14(17(23)24)5-8-25-16/h9,13-14,16H,3-8,10H2,1-2H3,(H,23,24)/t14?,16-/m0/s1. The molecule has 142 valence electrons. The molecule has 0 aliphatic carbocycles. The number of aliphatic carboxylic acids is 1. The van der Waals surface area contributed by atoms with Crippen LogP contribution in [-0.2, 0) is 14.3 Å². The summed E-state index contributed by atoms with van der Waals surface area (Å²) in [5.41, 5.74) is 1.80. The Balaban J connectivity index is 1.48. The highest BCUT2D eigenvalue weighted by molar-refractivity contribution is 7.99. The average molecular weight is 379 g/mol. The van der Waals surface area contributed by atoms with Crippen molar-refractivity contribution in [1.82, 2.24) is 14.9 Å². The Bertz CT molecular complexity index is 656. The zero-order chi connectivity index (χ0) is 18.7. The number of rotatable bonds is 5. The van der Waals surface area contributed by atoms with Gasteiger partial charge in [-0.1, -0.05) is 11.8 Å². The van der Waals surface area contributed by atoms with Gasteiger partial charge in [0.25, 0.3) is 0 Å². The van der Waals surface area contributed by atoms with Crippen LogP contribution in [0.25, 0.3) is 0 Å².